The zero-order valence-corrected chi connectivity index (χ0v) is 16.1. The molecule has 1 saturated heterocycles. The molecule has 140 valence electrons. The van der Waals surface area contributed by atoms with Crippen LogP contribution in [-0.4, -0.2) is 55.8 Å². The number of nitrogens with two attached hydrogens (primary N) is 1. The summed E-state index contributed by atoms with van der Waals surface area (Å²) in [7, 11) is -3.58. The van der Waals surface area contributed by atoms with Crippen molar-refractivity contribution in [2.45, 2.75) is 44.6 Å². The lowest BCUT2D eigenvalue weighted by molar-refractivity contribution is 0.0573. The molecule has 1 aromatic rings. The molecule has 0 aliphatic carbocycles. The van der Waals surface area contributed by atoms with Gasteiger partial charge in [-0.25, -0.2) is 8.42 Å². The van der Waals surface area contributed by atoms with E-state index in [0.717, 1.165) is 12.8 Å². The molecule has 2 unspecified atom stereocenters. The van der Waals surface area contributed by atoms with Crippen LogP contribution in [0.4, 0.5) is 0 Å². The van der Waals surface area contributed by atoms with Crippen LogP contribution in [0, 0.1) is 5.92 Å². The molecule has 2 rings (SSSR count). The summed E-state index contributed by atoms with van der Waals surface area (Å²) < 4.78 is 26.8. The molecule has 0 spiro atoms. The van der Waals surface area contributed by atoms with Gasteiger partial charge in [0.2, 0.25) is 10.0 Å². The lowest BCUT2D eigenvalue weighted by Gasteiger charge is -2.38. The summed E-state index contributed by atoms with van der Waals surface area (Å²) in [5, 5.41) is 0. The van der Waals surface area contributed by atoms with Crippen LogP contribution in [0.5, 0.6) is 0 Å². The van der Waals surface area contributed by atoms with Gasteiger partial charge in [0.1, 0.15) is 0 Å². The molecule has 0 aromatic heterocycles. The van der Waals surface area contributed by atoms with E-state index < -0.39 is 10.0 Å². The van der Waals surface area contributed by atoms with Gasteiger partial charge in [-0.05, 0) is 37.0 Å². The zero-order chi connectivity index (χ0) is 18.6. The lowest BCUT2D eigenvalue weighted by Crippen LogP contribution is -2.49. The van der Waals surface area contributed by atoms with Crippen LogP contribution < -0.4 is 5.73 Å². The van der Waals surface area contributed by atoms with Crippen molar-refractivity contribution in [1.82, 2.24) is 9.21 Å². The summed E-state index contributed by atoms with van der Waals surface area (Å²) >= 11 is 0. The van der Waals surface area contributed by atoms with Crippen molar-refractivity contribution in [2.75, 3.05) is 26.2 Å². The van der Waals surface area contributed by atoms with Crippen LogP contribution in [0.3, 0.4) is 0 Å². The van der Waals surface area contributed by atoms with Crippen LogP contribution in [-0.2, 0) is 10.0 Å². The molecule has 0 saturated carbocycles. The predicted molar refractivity (Wildman–Crippen MR) is 98.8 cm³/mol. The number of piperidine rings is 1. The molecule has 25 heavy (non-hydrogen) atoms. The Labute approximate surface area is 151 Å². The molecular formula is C18H29N3O3S. The van der Waals surface area contributed by atoms with E-state index in [-0.39, 0.29) is 16.8 Å². The van der Waals surface area contributed by atoms with E-state index >= 15 is 0 Å². The molecule has 0 radical (unpaired) electrons. The normalized spacial score (nSPS) is 21.6. The maximum Gasteiger partial charge on any atom is 0.254 e. The van der Waals surface area contributed by atoms with Gasteiger partial charge in [-0.3, -0.25) is 4.79 Å². The number of carbonyl (C=O) groups is 1. The average molecular weight is 368 g/mol. The van der Waals surface area contributed by atoms with Crippen molar-refractivity contribution in [2.24, 2.45) is 11.7 Å². The minimum absolute atomic E-state index is 0.0132. The van der Waals surface area contributed by atoms with Gasteiger partial charge in [0.25, 0.3) is 5.91 Å². The van der Waals surface area contributed by atoms with Gasteiger partial charge in [-0.15, -0.1) is 0 Å². The van der Waals surface area contributed by atoms with Gasteiger partial charge < -0.3 is 10.6 Å². The van der Waals surface area contributed by atoms with Crippen LogP contribution in [0.15, 0.2) is 29.2 Å². The number of hydrogen-bond acceptors (Lipinski definition) is 4. The smallest absolute Gasteiger partial charge is 0.254 e. The molecule has 1 aromatic carbocycles. The number of hydrogen-bond donors (Lipinski definition) is 1. The fraction of sp³-hybridized carbons (Fsp3) is 0.611. The van der Waals surface area contributed by atoms with Crippen molar-refractivity contribution in [1.29, 1.82) is 0 Å². The highest BCUT2D eigenvalue weighted by Crippen LogP contribution is 2.25. The minimum atomic E-state index is -3.58. The van der Waals surface area contributed by atoms with Crippen molar-refractivity contribution in [3.05, 3.63) is 29.8 Å². The molecule has 1 amide bonds. The van der Waals surface area contributed by atoms with Gasteiger partial charge in [-0.2, -0.15) is 4.31 Å². The molecule has 7 heteroatoms. The molecule has 1 fully saturated rings. The van der Waals surface area contributed by atoms with Crippen LogP contribution in [0.25, 0.3) is 0 Å². The Bertz CT molecular complexity index is 701. The molecular weight excluding hydrogens is 338 g/mol. The molecule has 1 heterocycles. The zero-order valence-electron chi connectivity index (χ0n) is 15.3. The first-order valence-corrected chi connectivity index (χ1v) is 10.4. The Morgan fingerprint density at radius 2 is 2.00 bits per heavy atom. The van der Waals surface area contributed by atoms with Gasteiger partial charge in [0, 0.05) is 37.8 Å². The van der Waals surface area contributed by atoms with E-state index in [2.05, 4.69) is 6.92 Å². The highest BCUT2D eigenvalue weighted by atomic mass is 32.2. The monoisotopic (exact) mass is 367 g/mol. The van der Waals surface area contributed by atoms with E-state index in [0.29, 0.717) is 37.7 Å². The Morgan fingerprint density at radius 3 is 2.60 bits per heavy atom. The topological polar surface area (TPSA) is 83.7 Å². The summed E-state index contributed by atoms with van der Waals surface area (Å²) in [5.74, 6) is 0.408. The Balaban J connectivity index is 2.30. The molecule has 1 aliphatic rings. The van der Waals surface area contributed by atoms with E-state index in [4.69, 9.17) is 5.73 Å². The number of nitrogens with zero attached hydrogens (tertiary/aromatic N) is 2. The maximum absolute atomic E-state index is 12.9. The van der Waals surface area contributed by atoms with Gasteiger partial charge >= 0.3 is 0 Å². The molecule has 1 aliphatic heterocycles. The number of likely N-dealkylation sites (tertiary alicyclic amines) is 1. The molecule has 6 nitrogen and oxygen atoms in total. The number of amides is 1. The molecule has 2 atom stereocenters. The maximum atomic E-state index is 12.9. The van der Waals surface area contributed by atoms with Gasteiger partial charge in [-0.1, -0.05) is 26.8 Å². The summed E-state index contributed by atoms with van der Waals surface area (Å²) in [4.78, 5) is 14.9. The third-order valence-corrected chi connectivity index (χ3v) is 6.98. The van der Waals surface area contributed by atoms with Crippen LogP contribution in [0.1, 0.15) is 44.0 Å². The van der Waals surface area contributed by atoms with Gasteiger partial charge in [0.15, 0.2) is 0 Å². The van der Waals surface area contributed by atoms with E-state index in [1.165, 1.54) is 10.4 Å². The van der Waals surface area contributed by atoms with E-state index in [9.17, 15) is 13.2 Å². The average Bonchev–Trinajstić information content (AvgIpc) is 2.62. The highest BCUT2D eigenvalue weighted by Gasteiger charge is 2.30. The minimum Gasteiger partial charge on any atom is -0.334 e. The standard InChI is InChI=1S/C18H29N3O3S/c1-4-20(5-2)25(23,24)17-8-6-7-15(12-17)18(22)21-10-9-14(3)11-16(21)13-19/h6-8,12,14,16H,4-5,9-11,13,19H2,1-3H3. The molecule has 0 bridgehead atoms. The first-order chi connectivity index (χ1) is 11.8. The first kappa shape index (κ1) is 19.9. The van der Waals surface area contributed by atoms with Crippen molar-refractivity contribution >= 4 is 15.9 Å². The van der Waals surface area contributed by atoms with E-state index in [1.54, 1.807) is 36.9 Å². The second kappa shape index (κ2) is 8.29. The van der Waals surface area contributed by atoms with Crippen molar-refractivity contribution < 1.29 is 13.2 Å². The van der Waals surface area contributed by atoms with Gasteiger partial charge in [0.05, 0.1) is 4.90 Å². The van der Waals surface area contributed by atoms with Crippen molar-refractivity contribution in [3.63, 3.8) is 0 Å². The lowest BCUT2D eigenvalue weighted by atomic mass is 9.92. The number of sulfonamides is 1. The Hall–Kier alpha value is -1.44. The summed E-state index contributed by atoms with van der Waals surface area (Å²) in [6.07, 6.45) is 1.83. The number of rotatable bonds is 6. The Kier molecular flexibility index (Phi) is 6.59. The number of benzene rings is 1. The van der Waals surface area contributed by atoms with E-state index in [1.807, 2.05) is 0 Å². The fourth-order valence-corrected chi connectivity index (χ4v) is 4.91. The highest BCUT2D eigenvalue weighted by molar-refractivity contribution is 7.89. The first-order valence-electron chi connectivity index (χ1n) is 8.96. The second-order valence-electron chi connectivity index (χ2n) is 6.63. The third-order valence-electron chi connectivity index (χ3n) is 4.94. The largest absolute Gasteiger partial charge is 0.334 e. The SMILES string of the molecule is CCN(CC)S(=O)(=O)c1cccc(C(=O)N2CCC(C)CC2CN)c1. The number of carbonyl (C=O) groups excluding carboxylic acids is 1. The fourth-order valence-electron chi connectivity index (χ4n) is 3.41. The second-order valence-corrected chi connectivity index (χ2v) is 8.57. The summed E-state index contributed by atoms with van der Waals surface area (Å²) in [5.41, 5.74) is 6.25. The Morgan fingerprint density at radius 1 is 1.32 bits per heavy atom. The van der Waals surface area contributed by atoms with Crippen molar-refractivity contribution in [3.8, 4) is 0 Å². The summed E-state index contributed by atoms with van der Waals surface area (Å²) in [6.45, 7) is 7.66. The quantitative estimate of drug-likeness (QED) is 0.832. The molecule has 2 N–H and O–H groups in total. The van der Waals surface area contributed by atoms with Crippen LogP contribution >= 0.6 is 0 Å². The van der Waals surface area contributed by atoms with Crippen LogP contribution in [0.2, 0.25) is 0 Å². The summed E-state index contributed by atoms with van der Waals surface area (Å²) in [6, 6.07) is 6.35. The third kappa shape index (κ3) is 4.22. The predicted octanol–water partition coefficient (Wildman–Crippen LogP) is 1.92.